The number of hydrogen-bond donors (Lipinski definition) is 4. The first-order valence-electron chi connectivity index (χ1n) is 13.3. The number of anilines is 1. The van der Waals surface area contributed by atoms with E-state index in [-0.39, 0.29) is 35.9 Å². The van der Waals surface area contributed by atoms with Gasteiger partial charge in [0.2, 0.25) is 5.91 Å². The standard InChI is InChI=1S/C27H45BN4O4/c1-17(2)14-23(28-35-22-15-18(3)26(5,6)19(4)27(22,7)36-28)32-24(33)21(29-8)16-30-25(34)31-20-12-10-9-11-13-20/h9-13,17-19,21-23,29H,14-16H2,1-8H3,(H,32,33)(H2,30,31,34)/t18?,19?,21-,22?,23?,27-/m0/s1. The van der Waals surface area contributed by atoms with Crippen molar-refractivity contribution in [2.75, 3.05) is 18.9 Å². The van der Waals surface area contributed by atoms with Crippen molar-refractivity contribution in [1.29, 1.82) is 0 Å². The minimum absolute atomic E-state index is 0.00413. The second-order valence-electron chi connectivity index (χ2n) is 11.8. The maximum absolute atomic E-state index is 13.3. The summed E-state index contributed by atoms with van der Waals surface area (Å²) in [5, 5.41) is 11.7. The number of rotatable bonds is 9. The van der Waals surface area contributed by atoms with Crippen LogP contribution in [0.25, 0.3) is 0 Å². The van der Waals surface area contributed by atoms with Gasteiger partial charge in [-0.15, -0.1) is 0 Å². The maximum Gasteiger partial charge on any atom is 0.481 e. The third-order valence-corrected chi connectivity index (χ3v) is 8.67. The summed E-state index contributed by atoms with van der Waals surface area (Å²) in [5.41, 5.74) is 0.415. The molecule has 1 aromatic rings. The third kappa shape index (κ3) is 6.24. The quantitative estimate of drug-likeness (QED) is 0.386. The van der Waals surface area contributed by atoms with Crippen LogP contribution in [-0.2, 0) is 14.1 Å². The smallest absolute Gasteiger partial charge is 0.404 e. The fraction of sp³-hybridized carbons (Fsp3) is 0.704. The van der Waals surface area contributed by atoms with Crippen LogP contribution in [0.3, 0.4) is 0 Å². The molecule has 4 unspecified atom stereocenters. The van der Waals surface area contributed by atoms with E-state index in [0.717, 1.165) is 12.8 Å². The number of carbonyl (C=O) groups excluding carboxylic acids is 2. The number of amides is 3. The average molecular weight is 500 g/mol. The van der Waals surface area contributed by atoms with Crippen LogP contribution < -0.4 is 21.3 Å². The number of para-hydroxylation sites is 1. The Morgan fingerprint density at radius 1 is 1.14 bits per heavy atom. The zero-order valence-corrected chi connectivity index (χ0v) is 23.2. The second-order valence-corrected chi connectivity index (χ2v) is 11.8. The molecule has 2 fully saturated rings. The van der Waals surface area contributed by atoms with Gasteiger partial charge in [0.05, 0.1) is 17.6 Å². The summed E-state index contributed by atoms with van der Waals surface area (Å²) in [7, 11) is 1.20. The van der Waals surface area contributed by atoms with E-state index in [2.05, 4.69) is 69.7 Å². The van der Waals surface area contributed by atoms with E-state index >= 15 is 0 Å². The van der Waals surface area contributed by atoms with Crippen molar-refractivity contribution in [3.8, 4) is 0 Å². The Labute approximate surface area is 217 Å². The van der Waals surface area contributed by atoms with E-state index in [1.54, 1.807) is 19.2 Å². The van der Waals surface area contributed by atoms with Gasteiger partial charge in [0, 0.05) is 12.2 Å². The van der Waals surface area contributed by atoms with Gasteiger partial charge < -0.3 is 30.6 Å². The molecule has 1 saturated carbocycles. The minimum atomic E-state index is -0.599. The molecule has 1 aromatic carbocycles. The summed E-state index contributed by atoms with van der Waals surface area (Å²) in [6.45, 7) is 15.7. The van der Waals surface area contributed by atoms with Gasteiger partial charge in [0.1, 0.15) is 6.04 Å². The highest BCUT2D eigenvalue weighted by molar-refractivity contribution is 6.47. The topological polar surface area (TPSA) is 101 Å². The molecule has 3 amide bonds. The van der Waals surface area contributed by atoms with Gasteiger partial charge in [-0.05, 0) is 62.1 Å². The SMILES string of the molecule is CN[C@@H](CNC(=O)Nc1ccccc1)C(=O)NC(CC(C)C)B1OC2CC(C)C(C)(C)C(C)[C@]2(C)O1. The molecule has 6 atom stereocenters. The molecule has 3 rings (SSSR count). The first-order chi connectivity index (χ1) is 16.9. The monoisotopic (exact) mass is 500 g/mol. The predicted octanol–water partition coefficient (Wildman–Crippen LogP) is 3.83. The van der Waals surface area contributed by atoms with Crippen LogP contribution in [0.15, 0.2) is 30.3 Å². The summed E-state index contributed by atoms with van der Waals surface area (Å²) >= 11 is 0. The number of likely N-dealkylation sites (N-methyl/N-ethyl adjacent to an activating group) is 1. The fourth-order valence-electron chi connectivity index (χ4n) is 5.54. The molecule has 1 heterocycles. The Bertz CT molecular complexity index is 899. The molecule has 200 valence electrons. The van der Waals surface area contributed by atoms with Gasteiger partial charge in [0.15, 0.2) is 0 Å². The molecule has 0 bridgehead atoms. The highest BCUT2D eigenvalue weighted by atomic mass is 16.7. The minimum Gasteiger partial charge on any atom is -0.404 e. The third-order valence-electron chi connectivity index (χ3n) is 8.67. The first kappa shape index (κ1) is 28.5. The Balaban J connectivity index is 1.64. The first-order valence-corrected chi connectivity index (χ1v) is 13.3. The molecule has 1 saturated heterocycles. The second kappa shape index (κ2) is 11.5. The van der Waals surface area contributed by atoms with Gasteiger partial charge in [-0.1, -0.05) is 59.7 Å². The normalized spacial score (nSPS) is 28.8. The lowest BCUT2D eigenvalue weighted by Gasteiger charge is -2.53. The van der Waals surface area contributed by atoms with E-state index < -0.39 is 18.8 Å². The predicted molar refractivity (Wildman–Crippen MR) is 145 cm³/mol. The number of fused-ring (bicyclic) bond motifs is 1. The van der Waals surface area contributed by atoms with Crippen molar-refractivity contribution in [1.82, 2.24) is 16.0 Å². The van der Waals surface area contributed by atoms with Crippen LogP contribution in [-0.4, -0.2) is 56.3 Å². The summed E-state index contributed by atoms with van der Waals surface area (Å²) in [6, 6.07) is 8.23. The molecule has 9 heteroatoms. The van der Waals surface area contributed by atoms with E-state index in [9.17, 15) is 9.59 Å². The molecule has 4 N–H and O–H groups in total. The van der Waals surface area contributed by atoms with Crippen molar-refractivity contribution in [3.63, 3.8) is 0 Å². The summed E-state index contributed by atoms with van der Waals surface area (Å²) in [6.07, 6.45) is 1.66. The highest BCUT2D eigenvalue weighted by Crippen LogP contribution is 2.54. The van der Waals surface area contributed by atoms with Crippen LogP contribution in [0.5, 0.6) is 0 Å². The zero-order valence-electron chi connectivity index (χ0n) is 23.2. The molecule has 0 spiro atoms. The van der Waals surface area contributed by atoms with Gasteiger partial charge in [0.25, 0.3) is 0 Å². The van der Waals surface area contributed by atoms with Crippen LogP contribution in [0.1, 0.15) is 61.3 Å². The molecule has 8 nitrogen and oxygen atoms in total. The molecular weight excluding hydrogens is 455 g/mol. The van der Waals surface area contributed by atoms with Crippen molar-refractivity contribution in [2.24, 2.45) is 23.2 Å². The van der Waals surface area contributed by atoms with Crippen molar-refractivity contribution in [3.05, 3.63) is 30.3 Å². The Morgan fingerprint density at radius 2 is 1.81 bits per heavy atom. The van der Waals surface area contributed by atoms with Gasteiger partial charge in [-0.3, -0.25) is 4.79 Å². The number of carbonyl (C=O) groups is 2. The Hall–Kier alpha value is -2.10. The lowest BCUT2D eigenvalue weighted by Crippen LogP contribution is -2.57. The fourth-order valence-corrected chi connectivity index (χ4v) is 5.54. The van der Waals surface area contributed by atoms with Crippen LogP contribution in [0.4, 0.5) is 10.5 Å². The van der Waals surface area contributed by atoms with Gasteiger partial charge in [-0.25, -0.2) is 4.79 Å². The van der Waals surface area contributed by atoms with Crippen LogP contribution >= 0.6 is 0 Å². The van der Waals surface area contributed by atoms with E-state index in [1.165, 1.54) is 0 Å². The number of hydrogen-bond acceptors (Lipinski definition) is 5. The Morgan fingerprint density at radius 3 is 2.42 bits per heavy atom. The highest BCUT2D eigenvalue weighted by Gasteiger charge is 2.61. The molecule has 36 heavy (non-hydrogen) atoms. The largest absolute Gasteiger partial charge is 0.481 e. The maximum atomic E-state index is 13.3. The van der Waals surface area contributed by atoms with E-state index in [1.807, 2.05) is 18.2 Å². The summed E-state index contributed by atoms with van der Waals surface area (Å²) < 4.78 is 13.2. The van der Waals surface area contributed by atoms with Gasteiger partial charge >= 0.3 is 13.1 Å². The number of nitrogens with one attached hydrogen (secondary N) is 4. The average Bonchev–Trinajstić information content (AvgIpc) is 3.15. The van der Waals surface area contributed by atoms with Crippen molar-refractivity contribution < 1.29 is 18.9 Å². The number of benzene rings is 1. The molecule has 1 aliphatic heterocycles. The lowest BCUT2D eigenvalue weighted by molar-refractivity contribution is -0.123. The molecule has 1 aliphatic carbocycles. The van der Waals surface area contributed by atoms with E-state index in [0.29, 0.717) is 23.4 Å². The van der Waals surface area contributed by atoms with Crippen molar-refractivity contribution in [2.45, 2.75) is 85.0 Å². The molecule has 0 aromatic heterocycles. The Kier molecular flexibility index (Phi) is 9.12. The summed E-state index contributed by atoms with van der Waals surface area (Å²) in [5.74, 6) is 0.662. The number of urea groups is 1. The van der Waals surface area contributed by atoms with Crippen molar-refractivity contribution >= 4 is 24.7 Å². The van der Waals surface area contributed by atoms with Crippen LogP contribution in [0.2, 0.25) is 0 Å². The van der Waals surface area contributed by atoms with Gasteiger partial charge in [-0.2, -0.15) is 0 Å². The molecule has 0 radical (unpaired) electrons. The summed E-state index contributed by atoms with van der Waals surface area (Å²) in [4.78, 5) is 25.6. The van der Waals surface area contributed by atoms with Crippen LogP contribution in [0, 0.1) is 23.2 Å². The molecule has 2 aliphatic rings. The van der Waals surface area contributed by atoms with E-state index in [4.69, 9.17) is 9.31 Å². The molecular formula is C27H45BN4O4. The zero-order chi connectivity index (χ0) is 26.7. The lowest BCUT2D eigenvalue weighted by atomic mass is 9.57.